The Morgan fingerprint density at radius 2 is 1.10 bits per heavy atom. The molecule has 0 saturated carbocycles. The van der Waals surface area contributed by atoms with Crippen molar-refractivity contribution in [2.75, 3.05) is 21.2 Å². The van der Waals surface area contributed by atoms with E-state index in [9.17, 15) is 8.42 Å². The second kappa shape index (κ2) is 23.8. The topological polar surface area (TPSA) is 46.6 Å². The fraction of sp³-hybridized carbons (Fsp3) is 0.667. The summed E-state index contributed by atoms with van der Waals surface area (Å²) in [5.41, 5.74) is 2.49. The number of rotatable bonds is 22. The van der Waals surface area contributed by atoms with Crippen LogP contribution in [0.1, 0.15) is 127 Å². The summed E-state index contributed by atoms with van der Waals surface area (Å²) in [6, 6.07) is 18.2. The molecule has 0 heterocycles. The normalized spacial score (nSPS) is 12.2. The first-order valence-corrected chi connectivity index (χ1v) is 17.8. The Bertz CT molecular complexity index is 958. The third kappa shape index (κ3) is 19.2. The fourth-order valence-corrected chi connectivity index (χ4v) is 5.82. The van der Waals surface area contributed by atoms with Gasteiger partial charge in [0.15, 0.2) is 0 Å². The molecule has 41 heavy (non-hydrogen) atoms. The predicted octanol–water partition coefficient (Wildman–Crippen LogP) is 10.1. The average Bonchev–Trinajstić information content (AvgIpc) is 2.97. The lowest BCUT2D eigenvalue weighted by Crippen LogP contribution is -2.30. The van der Waals surface area contributed by atoms with E-state index in [2.05, 4.69) is 60.4 Å². The number of nitrogens with zero attached hydrogens (tertiary/aromatic N) is 1. The standard InChI is InChI=1S/C28H51N.C8H10O3S/c1-4-5-6-7-8-9-10-11-12-13-14-15-16-17-18-22-25-28(29(2)3)26-27-23-20-19-21-24-27;1-7-3-5-8(6-4-7)12(9,10)11-2/h19-21,23-24,28H,4-18,22,25-26H2,1-3H3;3-6H,1-2H3. The summed E-state index contributed by atoms with van der Waals surface area (Å²) in [5, 5.41) is 0. The number of aryl methyl sites for hydroxylation is 1. The van der Waals surface area contributed by atoms with Crippen molar-refractivity contribution in [3.63, 3.8) is 0 Å². The van der Waals surface area contributed by atoms with Crippen molar-refractivity contribution in [2.45, 2.75) is 140 Å². The molecule has 0 aliphatic heterocycles. The van der Waals surface area contributed by atoms with Gasteiger partial charge in [0.25, 0.3) is 10.1 Å². The van der Waals surface area contributed by atoms with Crippen LogP contribution in [0.3, 0.4) is 0 Å². The Morgan fingerprint density at radius 1 is 0.659 bits per heavy atom. The minimum absolute atomic E-state index is 0.190. The maximum absolute atomic E-state index is 11.1. The van der Waals surface area contributed by atoms with Crippen LogP contribution in [-0.4, -0.2) is 40.6 Å². The van der Waals surface area contributed by atoms with E-state index in [1.807, 2.05) is 6.92 Å². The SMILES string of the molecule is CCCCCCCCCCCCCCCCCCC(Cc1ccccc1)N(C)C.COS(=O)(=O)c1ccc(C)cc1. The molecule has 5 heteroatoms. The van der Waals surface area contributed by atoms with Crippen molar-refractivity contribution in [1.29, 1.82) is 0 Å². The van der Waals surface area contributed by atoms with Crippen molar-refractivity contribution in [3.05, 3.63) is 65.7 Å². The van der Waals surface area contributed by atoms with Gasteiger partial charge in [0.05, 0.1) is 12.0 Å². The quantitative estimate of drug-likeness (QED) is 0.102. The molecule has 1 atom stereocenters. The summed E-state index contributed by atoms with van der Waals surface area (Å²) in [7, 11) is 2.11. The van der Waals surface area contributed by atoms with E-state index in [4.69, 9.17) is 0 Å². The highest BCUT2D eigenvalue weighted by molar-refractivity contribution is 7.86. The first kappa shape index (κ1) is 37.3. The molecule has 234 valence electrons. The highest BCUT2D eigenvalue weighted by atomic mass is 32.2. The van der Waals surface area contributed by atoms with Gasteiger partial charge < -0.3 is 4.90 Å². The molecule has 2 aromatic carbocycles. The number of likely N-dealkylation sites (N-methyl/N-ethyl adjacent to an activating group) is 1. The molecule has 0 radical (unpaired) electrons. The second-order valence-corrected chi connectivity index (χ2v) is 13.5. The lowest BCUT2D eigenvalue weighted by molar-refractivity contribution is 0.269. The maximum Gasteiger partial charge on any atom is 0.296 e. The second-order valence-electron chi connectivity index (χ2n) is 11.8. The summed E-state index contributed by atoms with van der Waals surface area (Å²) in [6.07, 6.45) is 25.7. The summed E-state index contributed by atoms with van der Waals surface area (Å²) in [5.74, 6) is 0. The molecular weight excluding hydrogens is 526 g/mol. The molecule has 0 aliphatic rings. The Balaban J connectivity index is 0.000000580. The largest absolute Gasteiger partial charge is 0.306 e. The monoisotopic (exact) mass is 587 g/mol. The first-order chi connectivity index (χ1) is 19.8. The van der Waals surface area contributed by atoms with Gasteiger partial charge >= 0.3 is 0 Å². The first-order valence-electron chi connectivity index (χ1n) is 16.4. The Labute approximate surface area is 254 Å². The van der Waals surface area contributed by atoms with Gasteiger partial charge in [-0.1, -0.05) is 158 Å². The lowest BCUT2D eigenvalue weighted by Gasteiger charge is -2.24. The molecule has 0 aromatic heterocycles. The van der Waals surface area contributed by atoms with Gasteiger partial charge in [-0.15, -0.1) is 0 Å². The number of hydrogen-bond acceptors (Lipinski definition) is 4. The lowest BCUT2D eigenvalue weighted by atomic mass is 9.98. The van der Waals surface area contributed by atoms with Gasteiger partial charge in [0.2, 0.25) is 0 Å². The van der Waals surface area contributed by atoms with E-state index < -0.39 is 10.1 Å². The van der Waals surface area contributed by atoms with E-state index in [1.54, 1.807) is 12.1 Å². The molecule has 2 aromatic rings. The molecule has 0 spiro atoms. The van der Waals surface area contributed by atoms with Crippen molar-refractivity contribution < 1.29 is 12.6 Å². The number of hydrogen-bond donors (Lipinski definition) is 0. The van der Waals surface area contributed by atoms with Crippen LogP contribution in [0.4, 0.5) is 0 Å². The fourth-order valence-electron chi connectivity index (χ4n) is 5.16. The Morgan fingerprint density at radius 3 is 1.51 bits per heavy atom. The van der Waals surface area contributed by atoms with E-state index in [0.717, 1.165) is 12.7 Å². The Hall–Kier alpha value is -1.69. The maximum atomic E-state index is 11.1. The summed E-state index contributed by atoms with van der Waals surface area (Å²) in [6.45, 7) is 4.19. The van der Waals surface area contributed by atoms with Gasteiger partial charge in [-0.2, -0.15) is 8.42 Å². The van der Waals surface area contributed by atoms with Gasteiger partial charge in [-0.25, -0.2) is 0 Å². The molecule has 4 nitrogen and oxygen atoms in total. The van der Waals surface area contributed by atoms with Crippen molar-refractivity contribution in [1.82, 2.24) is 4.90 Å². The zero-order valence-corrected chi connectivity index (χ0v) is 27.9. The molecule has 0 fully saturated rings. The minimum atomic E-state index is -3.51. The van der Waals surface area contributed by atoms with E-state index in [0.29, 0.717) is 6.04 Å². The van der Waals surface area contributed by atoms with E-state index >= 15 is 0 Å². The van der Waals surface area contributed by atoms with Crippen LogP contribution in [0.2, 0.25) is 0 Å². The molecule has 0 bridgehead atoms. The number of unbranched alkanes of at least 4 members (excludes halogenated alkanes) is 15. The van der Waals surface area contributed by atoms with Gasteiger partial charge in [0.1, 0.15) is 0 Å². The molecule has 2 rings (SSSR count). The van der Waals surface area contributed by atoms with Crippen LogP contribution < -0.4 is 0 Å². The van der Waals surface area contributed by atoms with Crippen LogP contribution in [0.15, 0.2) is 59.5 Å². The van der Waals surface area contributed by atoms with Crippen molar-refractivity contribution in [3.8, 4) is 0 Å². The predicted molar refractivity (Wildman–Crippen MR) is 177 cm³/mol. The third-order valence-corrected chi connectivity index (χ3v) is 9.25. The van der Waals surface area contributed by atoms with Gasteiger partial charge in [-0.05, 0) is 51.6 Å². The minimum Gasteiger partial charge on any atom is -0.306 e. The molecular formula is C36H61NO3S. The van der Waals surface area contributed by atoms with Gasteiger partial charge in [-0.3, -0.25) is 4.18 Å². The molecule has 0 N–H and O–H groups in total. The summed E-state index contributed by atoms with van der Waals surface area (Å²) in [4.78, 5) is 2.61. The molecule has 0 aliphatic carbocycles. The number of benzene rings is 2. The third-order valence-electron chi connectivity index (χ3n) is 7.96. The van der Waals surface area contributed by atoms with Gasteiger partial charge in [0, 0.05) is 6.04 Å². The molecule has 0 amide bonds. The van der Waals surface area contributed by atoms with Crippen molar-refractivity contribution in [2.24, 2.45) is 0 Å². The van der Waals surface area contributed by atoms with Crippen LogP contribution in [0.25, 0.3) is 0 Å². The zero-order chi connectivity index (χ0) is 30.2. The summed E-state index contributed by atoms with van der Waals surface area (Å²) >= 11 is 0. The highest BCUT2D eigenvalue weighted by Gasteiger charge is 2.12. The van der Waals surface area contributed by atoms with Crippen LogP contribution in [0.5, 0.6) is 0 Å². The molecule has 0 saturated heterocycles. The van der Waals surface area contributed by atoms with E-state index in [-0.39, 0.29) is 4.90 Å². The zero-order valence-electron chi connectivity index (χ0n) is 27.1. The van der Waals surface area contributed by atoms with E-state index in [1.165, 1.54) is 133 Å². The summed E-state index contributed by atoms with van der Waals surface area (Å²) < 4.78 is 26.5. The van der Waals surface area contributed by atoms with Crippen LogP contribution >= 0.6 is 0 Å². The average molecular weight is 588 g/mol. The smallest absolute Gasteiger partial charge is 0.296 e. The Kier molecular flexibility index (Phi) is 21.7. The molecule has 1 unspecified atom stereocenters. The highest BCUT2D eigenvalue weighted by Crippen LogP contribution is 2.17. The van der Waals surface area contributed by atoms with Crippen LogP contribution in [0, 0.1) is 6.92 Å². The van der Waals surface area contributed by atoms with Crippen molar-refractivity contribution >= 4 is 10.1 Å². The van der Waals surface area contributed by atoms with Crippen LogP contribution in [-0.2, 0) is 20.7 Å².